The van der Waals surface area contributed by atoms with E-state index in [0.717, 1.165) is 0 Å². The van der Waals surface area contributed by atoms with Gasteiger partial charge >= 0.3 is 0 Å². The summed E-state index contributed by atoms with van der Waals surface area (Å²) in [5.41, 5.74) is 0.741. The summed E-state index contributed by atoms with van der Waals surface area (Å²) in [7, 11) is 3.32. The van der Waals surface area contributed by atoms with Crippen LogP contribution in [0.1, 0.15) is 17.3 Å². The summed E-state index contributed by atoms with van der Waals surface area (Å²) in [6.07, 6.45) is 0. The number of benzene rings is 1. The van der Waals surface area contributed by atoms with Gasteiger partial charge in [-0.25, -0.2) is 4.39 Å². The molecule has 0 saturated carbocycles. The van der Waals surface area contributed by atoms with Crippen LogP contribution in [0.5, 0.6) is 0 Å². The Morgan fingerprint density at radius 3 is 2.75 bits per heavy atom. The molecule has 0 aliphatic rings. The van der Waals surface area contributed by atoms with Crippen molar-refractivity contribution in [2.24, 2.45) is 0 Å². The summed E-state index contributed by atoms with van der Waals surface area (Å²) < 4.78 is 18.6. The van der Waals surface area contributed by atoms with Crippen LogP contribution in [0.3, 0.4) is 0 Å². The summed E-state index contributed by atoms with van der Waals surface area (Å²) in [6, 6.07) is 4.52. The van der Waals surface area contributed by atoms with Gasteiger partial charge in [0.15, 0.2) is 5.78 Å². The van der Waals surface area contributed by atoms with Gasteiger partial charge < -0.3 is 9.64 Å². The van der Waals surface area contributed by atoms with Crippen molar-refractivity contribution in [3.05, 3.63) is 29.6 Å². The zero-order chi connectivity index (χ0) is 12.1. The number of hydrogen-bond donors (Lipinski definition) is 0. The summed E-state index contributed by atoms with van der Waals surface area (Å²) in [4.78, 5) is 13.1. The second-order valence-electron chi connectivity index (χ2n) is 3.61. The largest absolute Gasteiger partial charge is 0.383 e. The van der Waals surface area contributed by atoms with Crippen LogP contribution in [-0.4, -0.2) is 33.1 Å². The summed E-state index contributed by atoms with van der Waals surface area (Å²) in [5, 5.41) is 0. The molecule has 16 heavy (non-hydrogen) atoms. The number of rotatable bonds is 5. The van der Waals surface area contributed by atoms with E-state index in [4.69, 9.17) is 4.74 Å². The first-order valence-corrected chi connectivity index (χ1v) is 5.07. The number of nitrogens with zero attached hydrogens (tertiary/aromatic N) is 1. The first-order chi connectivity index (χ1) is 7.57. The van der Waals surface area contributed by atoms with E-state index in [2.05, 4.69) is 0 Å². The van der Waals surface area contributed by atoms with Crippen molar-refractivity contribution in [2.45, 2.75) is 6.92 Å². The molecule has 0 unspecified atom stereocenters. The lowest BCUT2D eigenvalue weighted by Gasteiger charge is -2.21. The standard InChI is InChI=1S/C12H16FNO2/c1-9(15)10-5-4-6-11(13)12(10)14(2)7-8-16-3/h4-6H,7-8H2,1-3H3. The van der Waals surface area contributed by atoms with Gasteiger partial charge in [-0.3, -0.25) is 4.79 Å². The number of ketones is 1. The van der Waals surface area contributed by atoms with Gasteiger partial charge in [-0.1, -0.05) is 6.07 Å². The smallest absolute Gasteiger partial charge is 0.161 e. The van der Waals surface area contributed by atoms with Crippen LogP contribution in [-0.2, 0) is 4.74 Å². The Hall–Kier alpha value is -1.42. The van der Waals surface area contributed by atoms with E-state index in [-0.39, 0.29) is 11.6 Å². The molecule has 0 radical (unpaired) electrons. The number of para-hydroxylation sites is 1. The van der Waals surface area contributed by atoms with Crippen molar-refractivity contribution >= 4 is 11.5 Å². The number of carbonyl (C=O) groups excluding carboxylic acids is 1. The quantitative estimate of drug-likeness (QED) is 0.719. The Bertz CT molecular complexity index is 379. The molecule has 0 saturated heterocycles. The monoisotopic (exact) mass is 225 g/mol. The molecule has 0 fully saturated rings. The van der Waals surface area contributed by atoms with Crippen LogP contribution in [0.4, 0.5) is 10.1 Å². The summed E-state index contributed by atoms with van der Waals surface area (Å²) >= 11 is 0. The third kappa shape index (κ3) is 2.79. The second-order valence-corrected chi connectivity index (χ2v) is 3.61. The number of hydrogen-bond acceptors (Lipinski definition) is 3. The molecular formula is C12H16FNO2. The zero-order valence-corrected chi connectivity index (χ0v) is 9.79. The van der Waals surface area contributed by atoms with Crippen molar-refractivity contribution in [3.63, 3.8) is 0 Å². The average molecular weight is 225 g/mol. The minimum absolute atomic E-state index is 0.140. The number of anilines is 1. The van der Waals surface area contributed by atoms with Crippen LogP contribution in [0.2, 0.25) is 0 Å². The number of carbonyl (C=O) groups is 1. The number of methoxy groups -OCH3 is 1. The fourth-order valence-corrected chi connectivity index (χ4v) is 1.53. The molecule has 0 aromatic heterocycles. The molecule has 88 valence electrons. The molecule has 4 heteroatoms. The van der Waals surface area contributed by atoms with Gasteiger partial charge in [-0.05, 0) is 19.1 Å². The van der Waals surface area contributed by atoms with E-state index in [9.17, 15) is 9.18 Å². The highest BCUT2D eigenvalue weighted by Crippen LogP contribution is 2.23. The molecule has 0 N–H and O–H groups in total. The molecule has 0 amide bonds. The first kappa shape index (κ1) is 12.6. The normalized spacial score (nSPS) is 10.2. The Balaban J connectivity index is 3.04. The van der Waals surface area contributed by atoms with Gasteiger partial charge in [0.2, 0.25) is 0 Å². The Morgan fingerprint density at radius 2 is 2.19 bits per heavy atom. The zero-order valence-electron chi connectivity index (χ0n) is 9.79. The molecule has 0 aliphatic carbocycles. The number of likely N-dealkylation sites (N-methyl/N-ethyl adjacent to an activating group) is 1. The molecular weight excluding hydrogens is 209 g/mol. The van der Waals surface area contributed by atoms with E-state index < -0.39 is 0 Å². The van der Waals surface area contributed by atoms with Crippen molar-refractivity contribution < 1.29 is 13.9 Å². The topological polar surface area (TPSA) is 29.5 Å². The predicted octanol–water partition coefficient (Wildman–Crippen LogP) is 2.11. The van der Waals surface area contributed by atoms with Gasteiger partial charge in [0, 0.05) is 26.3 Å². The Kier molecular flexibility index (Phi) is 4.43. The SMILES string of the molecule is COCCN(C)c1c(F)cccc1C(C)=O. The molecule has 0 atom stereocenters. The van der Waals surface area contributed by atoms with Crippen LogP contribution in [0.25, 0.3) is 0 Å². The van der Waals surface area contributed by atoms with Crippen molar-refractivity contribution in [3.8, 4) is 0 Å². The Labute approximate surface area is 94.8 Å². The van der Waals surface area contributed by atoms with Crippen LogP contribution < -0.4 is 4.90 Å². The number of Topliss-reactive ketones (excluding diaryl/α,β-unsaturated/α-hetero) is 1. The van der Waals surface area contributed by atoms with Crippen molar-refractivity contribution in [1.29, 1.82) is 0 Å². The van der Waals surface area contributed by atoms with E-state index in [1.54, 1.807) is 31.2 Å². The fraction of sp³-hybridized carbons (Fsp3) is 0.417. The lowest BCUT2D eigenvalue weighted by molar-refractivity contribution is 0.101. The molecule has 3 nitrogen and oxygen atoms in total. The Morgan fingerprint density at radius 1 is 1.50 bits per heavy atom. The van der Waals surface area contributed by atoms with E-state index in [0.29, 0.717) is 24.4 Å². The molecule has 0 spiro atoms. The highest BCUT2D eigenvalue weighted by atomic mass is 19.1. The maximum atomic E-state index is 13.7. The third-order valence-corrected chi connectivity index (χ3v) is 2.38. The highest BCUT2D eigenvalue weighted by molar-refractivity contribution is 5.99. The van der Waals surface area contributed by atoms with E-state index in [1.165, 1.54) is 13.0 Å². The predicted molar refractivity (Wildman–Crippen MR) is 61.6 cm³/mol. The maximum Gasteiger partial charge on any atom is 0.161 e. The number of ether oxygens (including phenoxy) is 1. The lowest BCUT2D eigenvalue weighted by atomic mass is 10.1. The van der Waals surface area contributed by atoms with Crippen LogP contribution >= 0.6 is 0 Å². The molecule has 0 aliphatic heterocycles. The van der Waals surface area contributed by atoms with Gasteiger partial charge in [0.1, 0.15) is 5.82 Å². The maximum absolute atomic E-state index is 13.7. The lowest BCUT2D eigenvalue weighted by Crippen LogP contribution is -2.25. The van der Waals surface area contributed by atoms with Crippen molar-refractivity contribution in [2.75, 3.05) is 32.2 Å². The molecule has 0 bridgehead atoms. The first-order valence-electron chi connectivity index (χ1n) is 5.07. The molecule has 1 aromatic rings. The van der Waals surface area contributed by atoms with Crippen molar-refractivity contribution in [1.82, 2.24) is 0 Å². The number of halogens is 1. The van der Waals surface area contributed by atoms with E-state index >= 15 is 0 Å². The van der Waals surface area contributed by atoms with Gasteiger partial charge in [0.25, 0.3) is 0 Å². The van der Waals surface area contributed by atoms with Crippen LogP contribution in [0.15, 0.2) is 18.2 Å². The average Bonchev–Trinajstić information content (AvgIpc) is 2.25. The van der Waals surface area contributed by atoms with Gasteiger partial charge in [0.05, 0.1) is 12.3 Å². The summed E-state index contributed by atoms with van der Waals surface area (Å²) in [6.45, 7) is 2.46. The minimum atomic E-state index is -0.383. The fourth-order valence-electron chi connectivity index (χ4n) is 1.53. The van der Waals surface area contributed by atoms with Gasteiger partial charge in [-0.15, -0.1) is 0 Å². The molecule has 0 heterocycles. The summed E-state index contributed by atoms with van der Waals surface area (Å²) in [5.74, 6) is -0.523. The third-order valence-electron chi connectivity index (χ3n) is 2.38. The minimum Gasteiger partial charge on any atom is -0.383 e. The van der Waals surface area contributed by atoms with Gasteiger partial charge in [-0.2, -0.15) is 0 Å². The van der Waals surface area contributed by atoms with Crippen LogP contribution in [0, 0.1) is 5.82 Å². The van der Waals surface area contributed by atoms with E-state index in [1.807, 2.05) is 0 Å². The second kappa shape index (κ2) is 5.61. The molecule has 1 rings (SSSR count). The highest BCUT2D eigenvalue weighted by Gasteiger charge is 2.15. The molecule has 1 aromatic carbocycles.